The second kappa shape index (κ2) is 21.7. The molecule has 1 saturated carbocycles. The van der Waals surface area contributed by atoms with E-state index in [0.717, 1.165) is 18.4 Å². The molecule has 24 heteroatoms. The smallest absolute Gasteiger partial charge is 0.337 e. The number of aliphatic hydroxyl groups excluding tert-OH is 8. The fourth-order valence-corrected chi connectivity index (χ4v) is 8.98. The fourth-order valence-electron chi connectivity index (χ4n) is 8.98. The van der Waals surface area contributed by atoms with E-state index in [2.05, 4.69) is 0 Å². The molecule has 0 bridgehead atoms. The Kier molecular flexibility index (Phi) is 16.4. The van der Waals surface area contributed by atoms with Crippen molar-refractivity contribution in [3.63, 3.8) is 0 Å². The minimum Gasteiger partial charge on any atom is -0.504 e. The van der Waals surface area contributed by atoms with E-state index in [0.29, 0.717) is 5.56 Å². The maximum atomic E-state index is 14.1. The first kappa shape index (κ1) is 52.1. The van der Waals surface area contributed by atoms with Crippen LogP contribution in [0.3, 0.4) is 0 Å². The number of carbonyl (C=O) groups excluding carboxylic acids is 2. The van der Waals surface area contributed by atoms with Gasteiger partial charge in [0, 0.05) is 12.0 Å². The molecule has 5 aliphatic rings. The Bertz CT molecular complexity index is 2160. The summed E-state index contributed by atoms with van der Waals surface area (Å²) in [6.07, 6.45) is -23.1. The lowest BCUT2D eigenvalue weighted by Crippen LogP contribution is -2.65. The summed E-state index contributed by atoms with van der Waals surface area (Å²) in [5.74, 6) is -5.70. The summed E-state index contributed by atoms with van der Waals surface area (Å²) in [4.78, 5) is 27.7. The lowest BCUT2D eigenvalue weighted by molar-refractivity contribution is -0.357. The minimum absolute atomic E-state index is 0.0786. The lowest BCUT2D eigenvalue weighted by Gasteiger charge is -2.46. The number of ether oxygens (including phenoxy) is 9. The number of hydrogen-bond donors (Lipinski definition) is 13. The third-order valence-corrected chi connectivity index (χ3v) is 13.0. The van der Waals surface area contributed by atoms with Crippen molar-refractivity contribution in [2.24, 2.45) is 11.8 Å². The van der Waals surface area contributed by atoms with Crippen LogP contribution >= 0.6 is 0 Å². The van der Waals surface area contributed by atoms with Crippen LogP contribution in [0, 0.1) is 11.8 Å². The van der Waals surface area contributed by atoms with E-state index in [4.69, 9.17) is 42.6 Å². The van der Waals surface area contributed by atoms with E-state index in [1.807, 2.05) is 0 Å². The summed E-state index contributed by atoms with van der Waals surface area (Å²) < 4.78 is 52.4. The van der Waals surface area contributed by atoms with Crippen molar-refractivity contribution in [2.45, 2.75) is 137 Å². The SMILES string of the molecule is C[C@@H]1O[C@@H](O[C@@H]2[C@@H](O)[C@H](OCCc3ccc(O)c(O)c3)O[C@H](COC(=O)C3=CO[C@@H](O[C@@H]4O[C@H](CO)[C@@H](O)[C@H](O)[C@H]4O)[C@H]4[C@@H]3CC[C@]4(C)O)[C@H]2OC(=O)C=Cc2ccc(O)c(O)c2)[C@H](O)[C@H](O)[C@H]1O. The van der Waals surface area contributed by atoms with E-state index in [1.165, 1.54) is 50.3 Å². The summed E-state index contributed by atoms with van der Waals surface area (Å²) in [5, 5.41) is 136. The van der Waals surface area contributed by atoms with E-state index in [-0.39, 0.29) is 42.8 Å². The van der Waals surface area contributed by atoms with Crippen molar-refractivity contribution in [1.82, 2.24) is 0 Å². The van der Waals surface area contributed by atoms with Gasteiger partial charge < -0.3 is 109 Å². The summed E-state index contributed by atoms with van der Waals surface area (Å²) in [6.45, 7) is 1.09. The number of aromatic hydroxyl groups is 4. The van der Waals surface area contributed by atoms with Gasteiger partial charge in [-0.15, -0.1) is 0 Å². The van der Waals surface area contributed by atoms with Crippen molar-refractivity contribution in [3.8, 4) is 23.0 Å². The number of carbonyl (C=O) groups is 2. The maximum Gasteiger partial charge on any atom is 0.337 e. The predicted molar refractivity (Wildman–Crippen MR) is 226 cm³/mol. The maximum absolute atomic E-state index is 14.1. The molecule has 4 heterocycles. The van der Waals surface area contributed by atoms with Crippen LogP contribution in [0.15, 0.2) is 54.3 Å². The molecule has 0 amide bonds. The molecule has 4 aliphatic heterocycles. The molecule has 0 unspecified atom stereocenters. The zero-order chi connectivity index (χ0) is 50.1. The Hall–Kier alpha value is -4.74. The minimum atomic E-state index is -1.93. The molecule has 1 aliphatic carbocycles. The first-order chi connectivity index (χ1) is 32.7. The second-order valence-corrected chi connectivity index (χ2v) is 17.8. The normalized spacial score (nSPS) is 39.0. The van der Waals surface area contributed by atoms with Gasteiger partial charge in [-0.2, -0.15) is 0 Å². The molecule has 7 rings (SSSR count). The third-order valence-electron chi connectivity index (χ3n) is 13.0. The molecule has 2 aromatic carbocycles. The third kappa shape index (κ3) is 11.4. The number of phenols is 4. The summed E-state index contributed by atoms with van der Waals surface area (Å²) in [5.41, 5.74) is -0.931. The molecule has 13 N–H and O–H groups in total. The zero-order valence-electron chi connectivity index (χ0n) is 37.1. The lowest BCUT2D eigenvalue weighted by atomic mass is 9.81. The van der Waals surface area contributed by atoms with Crippen LogP contribution < -0.4 is 0 Å². The number of phenolic OH excluding ortho intramolecular Hbond substituents is 4. The highest BCUT2D eigenvalue weighted by Crippen LogP contribution is 2.50. The van der Waals surface area contributed by atoms with E-state index >= 15 is 0 Å². The average Bonchev–Trinajstić information content (AvgIpc) is 3.65. The van der Waals surface area contributed by atoms with Gasteiger partial charge >= 0.3 is 11.9 Å². The number of aliphatic hydroxyl groups is 9. The van der Waals surface area contributed by atoms with Gasteiger partial charge in [0.2, 0.25) is 6.29 Å². The Morgan fingerprint density at radius 2 is 1.39 bits per heavy atom. The van der Waals surface area contributed by atoms with Crippen LogP contribution in [0.4, 0.5) is 0 Å². The number of fused-ring (bicyclic) bond motifs is 1. The number of benzene rings is 2. The number of rotatable bonds is 15. The van der Waals surface area contributed by atoms with Gasteiger partial charge in [-0.1, -0.05) is 12.1 Å². The zero-order valence-corrected chi connectivity index (χ0v) is 37.1. The highest BCUT2D eigenvalue weighted by molar-refractivity contribution is 5.89. The Balaban J connectivity index is 1.15. The predicted octanol–water partition coefficient (Wildman–Crippen LogP) is -2.63. The van der Waals surface area contributed by atoms with Crippen molar-refractivity contribution in [1.29, 1.82) is 0 Å². The summed E-state index contributed by atoms with van der Waals surface area (Å²) in [7, 11) is 0. The van der Waals surface area contributed by atoms with Crippen molar-refractivity contribution >= 4 is 18.0 Å². The molecule has 4 fully saturated rings. The van der Waals surface area contributed by atoms with Gasteiger partial charge in [-0.25, -0.2) is 9.59 Å². The molecule has 0 aromatic heterocycles. The first-order valence-electron chi connectivity index (χ1n) is 22.1. The van der Waals surface area contributed by atoms with E-state index < -0.39 is 158 Å². The quantitative estimate of drug-likeness (QED) is 0.0493. The van der Waals surface area contributed by atoms with Gasteiger partial charge in [0.05, 0.1) is 42.7 Å². The number of hydrogen-bond acceptors (Lipinski definition) is 24. The van der Waals surface area contributed by atoms with Crippen molar-refractivity contribution in [3.05, 3.63) is 65.4 Å². The Morgan fingerprint density at radius 3 is 2.07 bits per heavy atom. The molecular formula is C45H58O24. The fraction of sp³-hybridized carbons (Fsp3) is 0.600. The molecule has 382 valence electrons. The van der Waals surface area contributed by atoms with Crippen LogP contribution in [0.2, 0.25) is 0 Å². The molecule has 3 saturated heterocycles. The summed E-state index contributed by atoms with van der Waals surface area (Å²) in [6, 6.07) is 7.70. The van der Waals surface area contributed by atoms with Crippen LogP contribution in [-0.2, 0) is 58.6 Å². The molecule has 69 heavy (non-hydrogen) atoms. The van der Waals surface area contributed by atoms with Gasteiger partial charge in [0.25, 0.3) is 0 Å². The van der Waals surface area contributed by atoms with E-state index in [1.54, 1.807) is 0 Å². The molecule has 0 radical (unpaired) electrons. The van der Waals surface area contributed by atoms with Gasteiger partial charge in [0.1, 0.15) is 67.6 Å². The average molecular weight is 983 g/mol. The largest absolute Gasteiger partial charge is 0.504 e. The molecule has 24 nitrogen and oxygen atoms in total. The van der Waals surface area contributed by atoms with Crippen LogP contribution in [0.1, 0.15) is 37.8 Å². The van der Waals surface area contributed by atoms with Gasteiger partial charge in [0.15, 0.2) is 48.0 Å². The van der Waals surface area contributed by atoms with E-state index in [9.17, 15) is 76.0 Å². The van der Waals surface area contributed by atoms with Gasteiger partial charge in [-0.3, -0.25) is 0 Å². The van der Waals surface area contributed by atoms with Crippen molar-refractivity contribution in [2.75, 3.05) is 19.8 Å². The van der Waals surface area contributed by atoms with Crippen LogP contribution in [-0.4, -0.2) is 202 Å². The topological polar surface area (TPSA) is 380 Å². The Morgan fingerprint density at radius 1 is 0.739 bits per heavy atom. The first-order valence-corrected chi connectivity index (χ1v) is 22.1. The number of esters is 2. The summed E-state index contributed by atoms with van der Waals surface area (Å²) >= 11 is 0. The highest BCUT2D eigenvalue weighted by Gasteiger charge is 2.57. The highest BCUT2D eigenvalue weighted by atomic mass is 16.8. The van der Waals surface area contributed by atoms with Crippen LogP contribution in [0.25, 0.3) is 6.08 Å². The van der Waals surface area contributed by atoms with Crippen molar-refractivity contribution < 1.29 is 119 Å². The molecule has 2 aromatic rings. The van der Waals surface area contributed by atoms with Gasteiger partial charge in [-0.05, 0) is 74.6 Å². The van der Waals surface area contributed by atoms with Crippen LogP contribution in [0.5, 0.6) is 23.0 Å². The molecule has 0 spiro atoms. The molecular weight excluding hydrogens is 924 g/mol. The second-order valence-electron chi connectivity index (χ2n) is 17.8. The monoisotopic (exact) mass is 982 g/mol. The molecule has 19 atom stereocenters. The standard InChI is InChI=1S/C45H58O24/c1-18-31(52)33(54)35(56)43(64-18)68-39-37(58)42(61-12-10-20-4-7-24(48)26(50)14-20)66-28(38(39)67-29(51)8-5-19-3-6-23(47)25(49)13-19)17-62-40(59)22-16-63-41(30-21(22)9-11-45(30,2)60)69-44-36(57)34(55)32(53)27(15-46)65-44/h3-8,13-14,16,18,21,27-28,30-39,41-44,46-50,52-58,60H,9-12,15,17H2,1-2H3/t18-,21+,27+,28+,30+,31-,32+,33+,34-,35+,36+,37+,38+,39+,41-,42+,43-,44-,45-/m0/s1. The Labute approximate surface area is 393 Å².